The van der Waals surface area contributed by atoms with Crippen LogP contribution in [0.3, 0.4) is 0 Å². The Labute approximate surface area is 180 Å². The van der Waals surface area contributed by atoms with E-state index in [0.717, 1.165) is 28.5 Å². The highest BCUT2D eigenvalue weighted by molar-refractivity contribution is 6.33. The molecule has 0 fully saturated rings. The number of hydrogen-bond donors (Lipinski definition) is 3. The zero-order valence-electron chi connectivity index (χ0n) is 16.1. The summed E-state index contributed by atoms with van der Waals surface area (Å²) in [5.74, 6) is -0.636. The maximum atomic E-state index is 13.4. The van der Waals surface area contributed by atoms with Crippen LogP contribution in [0.5, 0.6) is 0 Å². The summed E-state index contributed by atoms with van der Waals surface area (Å²) in [5.41, 5.74) is 5.91. The molecule has 5 nitrogen and oxygen atoms in total. The summed E-state index contributed by atoms with van der Waals surface area (Å²) in [6.45, 7) is 3.63. The molecule has 2 aromatic heterocycles. The molecular weight excluding hydrogens is 434 g/mol. The first-order valence-electron chi connectivity index (χ1n) is 9.02. The van der Waals surface area contributed by atoms with Gasteiger partial charge < -0.3 is 16.0 Å². The zero-order valence-corrected chi connectivity index (χ0v) is 16.9. The number of H-pyrrole nitrogens is 1. The first-order chi connectivity index (χ1) is 14.7. The van der Waals surface area contributed by atoms with Gasteiger partial charge in [-0.25, -0.2) is 14.4 Å². The van der Waals surface area contributed by atoms with Gasteiger partial charge in [0.05, 0.1) is 10.6 Å². The van der Waals surface area contributed by atoms with Crippen LogP contribution in [-0.4, -0.2) is 15.0 Å². The summed E-state index contributed by atoms with van der Waals surface area (Å²) in [5, 5.41) is 4.51. The van der Waals surface area contributed by atoms with Crippen molar-refractivity contribution in [2.45, 2.75) is 19.1 Å². The van der Waals surface area contributed by atoms with Crippen LogP contribution >= 0.6 is 11.6 Å². The van der Waals surface area contributed by atoms with Gasteiger partial charge in [-0.2, -0.15) is 13.2 Å². The largest absolute Gasteiger partial charge is 0.416 e. The first-order valence-corrected chi connectivity index (χ1v) is 9.40. The minimum absolute atomic E-state index is 0.119. The van der Waals surface area contributed by atoms with Crippen LogP contribution in [0.2, 0.25) is 0 Å². The second-order valence-corrected chi connectivity index (χ2v) is 7.08. The average molecular weight is 452 g/mol. The Balaban J connectivity index is 1.74. The minimum Gasteiger partial charge on any atom is -0.403 e. The number of halogens is 5. The molecule has 2 heterocycles. The molecule has 0 aliphatic rings. The first kappa shape index (κ1) is 22.4. The number of nitrogens with two attached hydrogens (primary N) is 1. The fraction of sp³-hybridized carbons (Fsp3) is 0.143. The average Bonchev–Trinajstić information content (AvgIpc) is 3.05. The Morgan fingerprint density at radius 2 is 1.94 bits per heavy atom. The lowest BCUT2D eigenvalue weighted by atomic mass is 10.1. The van der Waals surface area contributed by atoms with Crippen LogP contribution < -0.4 is 21.6 Å². The van der Waals surface area contributed by atoms with Crippen LogP contribution in [0.15, 0.2) is 48.0 Å². The maximum absolute atomic E-state index is 13.4. The molecule has 0 amide bonds. The Kier molecular flexibility index (Phi) is 6.65. The molecule has 0 radical (unpaired) electrons. The lowest BCUT2D eigenvalue weighted by molar-refractivity contribution is -0.138. The predicted molar refractivity (Wildman–Crippen MR) is 112 cm³/mol. The number of rotatable bonds is 6. The number of alkyl halides is 3. The third-order valence-corrected chi connectivity index (χ3v) is 4.68. The summed E-state index contributed by atoms with van der Waals surface area (Å²) in [6.07, 6.45) is 3.71. The maximum Gasteiger partial charge on any atom is 0.416 e. The molecule has 162 valence electrons. The molecule has 0 saturated heterocycles. The van der Waals surface area contributed by atoms with Gasteiger partial charge in [0.25, 0.3) is 0 Å². The smallest absolute Gasteiger partial charge is 0.403 e. The van der Waals surface area contributed by atoms with E-state index in [0.29, 0.717) is 22.9 Å². The normalized spacial score (nSPS) is 12.9. The van der Waals surface area contributed by atoms with Crippen LogP contribution in [0, 0.1) is 5.82 Å². The summed E-state index contributed by atoms with van der Waals surface area (Å²) >= 11 is 5.97. The van der Waals surface area contributed by atoms with Crippen LogP contribution in [0.25, 0.3) is 12.7 Å². The van der Waals surface area contributed by atoms with E-state index >= 15 is 0 Å². The third-order valence-electron chi connectivity index (χ3n) is 4.44. The molecule has 0 atom stereocenters. The predicted octanol–water partition coefficient (Wildman–Crippen LogP) is 3.40. The topological polar surface area (TPSA) is 79.6 Å². The number of aromatic amines is 1. The third kappa shape index (κ3) is 5.64. The van der Waals surface area contributed by atoms with Crippen molar-refractivity contribution in [2.75, 3.05) is 5.32 Å². The van der Waals surface area contributed by atoms with Crippen molar-refractivity contribution < 1.29 is 17.6 Å². The lowest BCUT2D eigenvalue weighted by Gasteiger charge is -2.13. The van der Waals surface area contributed by atoms with Gasteiger partial charge in [0.15, 0.2) is 0 Å². The van der Waals surface area contributed by atoms with E-state index in [9.17, 15) is 17.6 Å². The number of nitrogens with one attached hydrogen (secondary N) is 2. The summed E-state index contributed by atoms with van der Waals surface area (Å²) in [4.78, 5) is 11.3. The summed E-state index contributed by atoms with van der Waals surface area (Å²) in [7, 11) is 0. The van der Waals surface area contributed by atoms with Crippen molar-refractivity contribution in [3.05, 3.63) is 86.7 Å². The number of nitrogens with zero attached hydrogens (tertiary/aromatic N) is 2. The molecule has 4 N–H and O–H groups in total. The second kappa shape index (κ2) is 9.22. The number of anilines is 1. The SMILES string of the molecule is C=c1[nH]cc(Cc2cnc(NCc3cc(F)ccc3C(F)(F)F)nc2)/c1=C/C(Cl)=C\N. The molecule has 0 saturated carbocycles. The van der Waals surface area contributed by atoms with Gasteiger partial charge in [-0.05, 0) is 41.0 Å². The second-order valence-electron chi connectivity index (χ2n) is 6.65. The van der Waals surface area contributed by atoms with E-state index in [1.807, 2.05) is 0 Å². The van der Waals surface area contributed by atoms with Gasteiger partial charge in [-0.3, -0.25) is 0 Å². The highest BCUT2D eigenvalue weighted by Crippen LogP contribution is 2.32. The highest BCUT2D eigenvalue weighted by Gasteiger charge is 2.33. The van der Waals surface area contributed by atoms with Crippen molar-refractivity contribution in [3.63, 3.8) is 0 Å². The van der Waals surface area contributed by atoms with Crippen molar-refractivity contribution >= 4 is 30.2 Å². The van der Waals surface area contributed by atoms with Crippen LogP contribution in [-0.2, 0) is 19.1 Å². The van der Waals surface area contributed by atoms with Gasteiger partial charge in [0.2, 0.25) is 5.95 Å². The molecule has 0 spiro atoms. The molecule has 10 heteroatoms. The van der Waals surface area contributed by atoms with E-state index < -0.39 is 17.6 Å². The Morgan fingerprint density at radius 1 is 1.23 bits per heavy atom. The van der Waals surface area contributed by atoms with E-state index in [4.69, 9.17) is 17.3 Å². The fourth-order valence-corrected chi connectivity index (χ4v) is 3.06. The number of hydrogen-bond acceptors (Lipinski definition) is 4. The van der Waals surface area contributed by atoms with E-state index in [1.54, 1.807) is 24.7 Å². The van der Waals surface area contributed by atoms with Crippen LogP contribution in [0.1, 0.15) is 22.3 Å². The van der Waals surface area contributed by atoms with Gasteiger partial charge in [-0.1, -0.05) is 18.2 Å². The molecule has 0 aliphatic carbocycles. The molecule has 3 rings (SSSR count). The summed E-state index contributed by atoms with van der Waals surface area (Å²) in [6, 6.07) is 2.33. The van der Waals surface area contributed by atoms with E-state index in [2.05, 4.69) is 26.8 Å². The zero-order chi connectivity index (χ0) is 22.6. The molecule has 1 aromatic carbocycles. The lowest BCUT2D eigenvalue weighted by Crippen LogP contribution is -2.23. The number of benzene rings is 1. The van der Waals surface area contributed by atoms with Gasteiger partial charge >= 0.3 is 6.18 Å². The standard InChI is InChI=1S/C21H18ClF4N5/c1-12-18(6-16(22)7-27)14(10-28-12)4-13-8-29-20(30-9-13)31-11-15-5-17(23)2-3-19(15)21(24,25)26/h2-3,5-10,28H,1,4,11,27H2,(H,29,30,31)/b16-7+,18-6+. The fourth-order valence-electron chi connectivity index (χ4n) is 2.95. The number of aromatic nitrogens is 3. The van der Waals surface area contributed by atoms with Crippen molar-refractivity contribution in [3.8, 4) is 0 Å². The molecule has 0 aliphatic heterocycles. The summed E-state index contributed by atoms with van der Waals surface area (Å²) < 4.78 is 52.7. The van der Waals surface area contributed by atoms with E-state index in [-0.39, 0.29) is 18.1 Å². The van der Waals surface area contributed by atoms with Crippen molar-refractivity contribution in [1.29, 1.82) is 0 Å². The Hall–Kier alpha value is -3.33. The molecule has 0 bridgehead atoms. The molecule has 3 aromatic rings. The van der Waals surface area contributed by atoms with E-state index in [1.165, 1.54) is 6.20 Å². The van der Waals surface area contributed by atoms with Crippen molar-refractivity contribution in [2.24, 2.45) is 5.73 Å². The monoisotopic (exact) mass is 451 g/mol. The highest BCUT2D eigenvalue weighted by atomic mass is 35.5. The molecule has 31 heavy (non-hydrogen) atoms. The van der Waals surface area contributed by atoms with Gasteiger partial charge in [-0.15, -0.1) is 0 Å². The van der Waals surface area contributed by atoms with Gasteiger partial charge in [0.1, 0.15) is 5.82 Å². The van der Waals surface area contributed by atoms with Gasteiger partial charge in [0, 0.05) is 48.3 Å². The van der Waals surface area contributed by atoms with Crippen molar-refractivity contribution in [1.82, 2.24) is 15.0 Å². The van der Waals surface area contributed by atoms with Crippen LogP contribution in [0.4, 0.5) is 23.5 Å². The minimum atomic E-state index is -4.59. The quantitative estimate of drug-likeness (QED) is 0.502. The molecule has 0 unspecified atom stereocenters. The molecular formula is C21H18ClF4N5. The Bertz CT molecular complexity index is 1200. The Morgan fingerprint density at radius 3 is 2.58 bits per heavy atom. The number of allylic oxidation sites excluding steroid dienone is 1.